The molecule has 0 aliphatic carbocycles. The van der Waals surface area contributed by atoms with Crippen LogP contribution in [0, 0.1) is 0 Å². The molecule has 8 rings (SSSR count). The first-order valence-corrected chi connectivity index (χ1v) is 18.5. The Morgan fingerprint density at radius 2 is 1.63 bits per heavy atom. The predicted octanol–water partition coefficient (Wildman–Crippen LogP) is 2.44. The topological polar surface area (TPSA) is 194 Å². The molecule has 6 heterocycles. The number of likely N-dealkylation sites (N-methyl/N-ethyl adjacent to an activating group) is 1. The van der Waals surface area contributed by atoms with Crippen molar-refractivity contribution >= 4 is 58.6 Å². The van der Waals surface area contributed by atoms with Crippen molar-refractivity contribution in [1.29, 1.82) is 0 Å². The zero-order valence-electron chi connectivity index (χ0n) is 30.0. The quantitative estimate of drug-likeness (QED) is 0.288. The van der Waals surface area contributed by atoms with Gasteiger partial charge >= 0.3 is 6.03 Å². The molecular formula is C38H42N10O6. The molecule has 3 aromatic rings. The molecule has 1 aromatic heterocycles. The molecular weight excluding hydrogens is 692 g/mol. The van der Waals surface area contributed by atoms with E-state index in [1.165, 1.54) is 5.56 Å². The van der Waals surface area contributed by atoms with Gasteiger partial charge in [0.1, 0.15) is 11.9 Å². The van der Waals surface area contributed by atoms with Crippen LogP contribution in [0.5, 0.6) is 0 Å². The number of carbonyl (C=O) groups is 6. The lowest BCUT2D eigenvalue weighted by atomic mass is 9.89. The predicted molar refractivity (Wildman–Crippen MR) is 198 cm³/mol. The van der Waals surface area contributed by atoms with Gasteiger partial charge in [-0.05, 0) is 73.9 Å². The Kier molecular flexibility index (Phi) is 9.11. The first-order chi connectivity index (χ1) is 26.0. The van der Waals surface area contributed by atoms with Crippen molar-refractivity contribution < 1.29 is 28.8 Å². The van der Waals surface area contributed by atoms with E-state index in [-0.39, 0.29) is 47.6 Å². The van der Waals surface area contributed by atoms with Crippen molar-refractivity contribution in [2.45, 2.75) is 56.5 Å². The fraction of sp³-hybridized carbons (Fsp3) is 0.421. The molecule has 16 heteroatoms. The largest absolute Gasteiger partial charge is 0.371 e. The minimum Gasteiger partial charge on any atom is -0.371 e. The third kappa shape index (κ3) is 6.45. The molecule has 16 nitrogen and oxygen atoms in total. The number of piperidine rings is 3. The number of hydrogen-bond donors (Lipinski definition) is 3. The van der Waals surface area contributed by atoms with Crippen LogP contribution in [0.25, 0.3) is 0 Å². The maximum absolute atomic E-state index is 13.3. The normalized spacial score (nSPS) is 22.2. The van der Waals surface area contributed by atoms with Crippen molar-refractivity contribution in [2.75, 3.05) is 61.4 Å². The van der Waals surface area contributed by atoms with Crippen molar-refractivity contribution in [3.63, 3.8) is 0 Å². The number of primary amides is 1. The summed E-state index contributed by atoms with van der Waals surface area (Å²) in [5.74, 6) is -1.57. The average Bonchev–Trinajstić information content (AvgIpc) is 3.64. The average molecular weight is 735 g/mol. The highest BCUT2D eigenvalue weighted by Gasteiger charge is 2.45. The zero-order valence-corrected chi connectivity index (χ0v) is 30.0. The summed E-state index contributed by atoms with van der Waals surface area (Å²) in [5.41, 5.74) is 9.01. The molecule has 0 spiro atoms. The number of rotatable bonds is 8. The second-order valence-corrected chi connectivity index (χ2v) is 14.6. The number of benzene rings is 2. The Hall–Kier alpha value is -6.06. The van der Waals surface area contributed by atoms with Crippen LogP contribution < -0.4 is 26.2 Å². The standard InChI is InChI=1S/C38H42N10O6/c1-44-17-18-47(38(44)54)26-3-2-14-46(21-26)30-20-40-32(33(39)50)34(42-30)41-24-6-4-22(5-7-24)23-12-15-45(16-13-23)25-8-9-27-28(19-25)37(53)48(36(27)52)29-10-11-31(49)43-35(29)51/h4-9,19-20,23,26,29H,2-3,10-18,21H2,1H3,(H2,39,50)(H,41,42)(H,43,49,51)/t26-,29?/m1/s1. The fourth-order valence-corrected chi connectivity index (χ4v) is 8.33. The lowest BCUT2D eigenvalue weighted by Gasteiger charge is -2.37. The summed E-state index contributed by atoms with van der Waals surface area (Å²) in [6, 6.07) is 12.4. The summed E-state index contributed by atoms with van der Waals surface area (Å²) in [6.45, 7) is 4.30. The molecule has 0 radical (unpaired) electrons. The summed E-state index contributed by atoms with van der Waals surface area (Å²) in [7, 11) is 1.82. The van der Waals surface area contributed by atoms with Gasteiger partial charge in [-0.15, -0.1) is 0 Å². The van der Waals surface area contributed by atoms with Gasteiger partial charge in [0.25, 0.3) is 17.7 Å². The van der Waals surface area contributed by atoms with Crippen LogP contribution in [0.3, 0.4) is 0 Å². The molecule has 5 aliphatic rings. The van der Waals surface area contributed by atoms with Gasteiger partial charge in [-0.2, -0.15) is 0 Å². The molecule has 2 atom stereocenters. The lowest BCUT2D eigenvalue weighted by molar-refractivity contribution is -0.136. The van der Waals surface area contributed by atoms with Gasteiger partial charge < -0.3 is 30.7 Å². The highest BCUT2D eigenvalue weighted by atomic mass is 16.2. The second kappa shape index (κ2) is 14.1. The Morgan fingerprint density at radius 3 is 2.33 bits per heavy atom. The minimum atomic E-state index is -0.997. The molecule has 7 amide bonds. The highest BCUT2D eigenvalue weighted by molar-refractivity contribution is 6.23. The molecule has 4 saturated heterocycles. The molecule has 5 aliphatic heterocycles. The maximum Gasteiger partial charge on any atom is 0.320 e. The highest BCUT2D eigenvalue weighted by Crippen LogP contribution is 2.35. The molecule has 280 valence electrons. The van der Waals surface area contributed by atoms with Gasteiger partial charge in [-0.25, -0.2) is 14.8 Å². The smallest absolute Gasteiger partial charge is 0.320 e. The van der Waals surface area contributed by atoms with Crippen LogP contribution in [0.4, 0.5) is 27.8 Å². The Morgan fingerprint density at radius 1 is 0.870 bits per heavy atom. The van der Waals surface area contributed by atoms with Gasteiger partial charge in [0.2, 0.25) is 11.8 Å². The van der Waals surface area contributed by atoms with Crippen LogP contribution >= 0.6 is 0 Å². The summed E-state index contributed by atoms with van der Waals surface area (Å²) < 4.78 is 0. The number of amides is 7. The van der Waals surface area contributed by atoms with E-state index >= 15 is 0 Å². The third-order valence-electron chi connectivity index (χ3n) is 11.3. The van der Waals surface area contributed by atoms with Crippen molar-refractivity contribution in [3.8, 4) is 0 Å². The molecule has 0 saturated carbocycles. The number of carbonyl (C=O) groups excluding carboxylic acids is 6. The van der Waals surface area contributed by atoms with E-state index in [2.05, 4.69) is 37.6 Å². The maximum atomic E-state index is 13.3. The van der Waals surface area contributed by atoms with Crippen LogP contribution in [0.2, 0.25) is 0 Å². The van der Waals surface area contributed by atoms with Crippen LogP contribution in [0.1, 0.15) is 81.2 Å². The van der Waals surface area contributed by atoms with Crippen LogP contribution in [-0.2, 0) is 9.59 Å². The SMILES string of the molecule is CN1CCN([C@@H]2CCCN(c3cnc(C(N)=O)c(Nc4ccc(C5CCN(c6ccc7c(c6)C(=O)N(C6CCC(=O)NC6=O)C7=O)CC5)cc4)n3)C2)C1=O. The van der Waals surface area contributed by atoms with E-state index in [4.69, 9.17) is 10.7 Å². The number of nitrogens with two attached hydrogens (primary N) is 1. The Bertz CT molecular complexity index is 2050. The van der Waals surface area contributed by atoms with Gasteiger partial charge in [0.05, 0.1) is 23.4 Å². The van der Waals surface area contributed by atoms with Gasteiger partial charge in [0, 0.05) is 64.1 Å². The number of anilines is 4. The second-order valence-electron chi connectivity index (χ2n) is 14.6. The number of fused-ring (bicyclic) bond motifs is 1. The number of urea groups is 1. The molecule has 0 bridgehead atoms. The first-order valence-electron chi connectivity index (χ1n) is 18.5. The monoisotopic (exact) mass is 734 g/mol. The van der Waals surface area contributed by atoms with E-state index in [9.17, 15) is 28.8 Å². The van der Waals surface area contributed by atoms with Gasteiger partial charge in [0.15, 0.2) is 11.5 Å². The van der Waals surface area contributed by atoms with Crippen molar-refractivity contribution in [2.24, 2.45) is 5.73 Å². The van der Waals surface area contributed by atoms with E-state index in [0.29, 0.717) is 31.4 Å². The van der Waals surface area contributed by atoms with Crippen molar-refractivity contribution in [3.05, 3.63) is 71.0 Å². The molecule has 1 unspecified atom stereocenters. The third-order valence-corrected chi connectivity index (χ3v) is 11.3. The van der Waals surface area contributed by atoms with Gasteiger partial charge in [-0.3, -0.25) is 34.2 Å². The van der Waals surface area contributed by atoms with Crippen molar-refractivity contribution in [1.82, 2.24) is 30.0 Å². The fourth-order valence-electron chi connectivity index (χ4n) is 8.33. The van der Waals surface area contributed by atoms with E-state index in [0.717, 1.165) is 61.6 Å². The lowest BCUT2D eigenvalue weighted by Crippen LogP contribution is -2.54. The minimum absolute atomic E-state index is 0.0430. The molecule has 54 heavy (non-hydrogen) atoms. The Labute approximate surface area is 311 Å². The zero-order chi connectivity index (χ0) is 37.7. The van der Waals surface area contributed by atoms with E-state index in [1.807, 2.05) is 30.1 Å². The number of hydrogen-bond acceptors (Lipinski definition) is 11. The number of aromatic nitrogens is 2. The summed E-state index contributed by atoms with van der Waals surface area (Å²) >= 11 is 0. The number of imide groups is 2. The van der Waals surface area contributed by atoms with Gasteiger partial charge in [-0.1, -0.05) is 12.1 Å². The van der Waals surface area contributed by atoms with Crippen LogP contribution in [0.15, 0.2) is 48.7 Å². The van der Waals surface area contributed by atoms with E-state index < -0.39 is 35.6 Å². The number of nitrogens with zero attached hydrogens (tertiary/aromatic N) is 7. The molecule has 4 N–H and O–H groups in total. The molecule has 2 aromatic carbocycles. The summed E-state index contributed by atoms with van der Waals surface area (Å²) in [5, 5.41) is 5.48. The summed E-state index contributed by atoms with van der Waals surface area (Å²) in [6.07, 6.45) is 5.32. The first kappa shape index (κ1) is 35.0. The summed E-state index contributed by atoms with van der Waals surface area (Å²) in [4.78, 5) is 93.6. The number of nitrogens with one attached hydrogen (secondary N) is 2. The van der Waals surface area contributed by atoms with Crippen LogP contribution in [-0.4, -0.2) is 119 Å². The Balaban J connectivity index is 0.903. The van der Waals surface area contributed by atoms with E-state index in [1.54, 1.807) is 23.2 Å². The molecule has 4 fully saturated rings.